The van der Waals surface area contributed by atoms with Gasteiger partial charge in [0.1, 0.15) is 15.6 Å². The van der Waals surface area contributed by atoms with Gasteiger partial charge in [0, 0.05) is 44.4 Å². The van der Waals surface area contributed by atoms with Crippen molar-refractivity contribution in [1.82, 2.24) is 14.8 Å². The number of nitrogens with zero attached hydrogens (tertiary/aromatic N) is 3. The summed E-state index contributed by atoms with van der Waals surface area (Å²) in [7, 11) is -2.89. The standard InChI is InChI=1S/C16H29N3O3S/c1-13(15-17-12-14(22-15)16(2,3)4)19-8-6-18(7-9-19)10-11-23(5,20)21/h12-13H,6-11H2,1-5H3. The van der Waals surface area contributed by atoms with Crippen LogP contribution in [-0.2, 0) is 15.3 Å². The summed E-state index contributed by atoms with van der Waals surface area (Å²) in [5, 5.41) is 0. The van der Waals surface area contributed by atoms with Gasteiger partial charge in [-0.25, -0.2) is 13.4 Å². The zero-order valence-electron chi connectivity index (χ0n) is 14.9. The fourth-order valence-corrected chi connectivity index (χ4v) is 3.24. The molecule has 1 aliphatic heterocycles. The van der Waals surface area contributed by atoms with E-state index in [9.17, 15) is 8.42 Å². The predicted molar refractivity (Wildman–Crippen MR) is 91.3 cm³/mol. The van der Waals surface area contributed by atoms with Crippen LogP contribution in [0.3, 0.4) is 0 Å². The Morgan fingerprint density at radius 1 is 1.26 bits per heavy atom. The average molecular weight is 343 g/mol. The van der Waals surface area contributed by atoms with Gasteiger partial charge in [0.05, 0.1) is 18.0 Å². The lowest BCUT2D eigenvalue weighted by Crippen LogP contribution is -2.48. The van der Waals surface area contributed by atoms with Gasteiger partial charge in [0.2, 0.25) is 5.89 Å². The quantitative estimate of drug-likeness (QED) is 0.811. The molecule has 132 valence electrons. The Balaban J connectivity index is 1.88. The summed E-state index contributed by atoms with van der Waals surface area (Å²) in [6.07, 6.45) is 3.12. The third kappa shape index (κ3) is 5.29. The zero-order valence-corrected chi connectivity index (χ0v) is 15.7. The zero-order chi connectivity index (χ0) is 17.3. The predicted octanol–water partition coefficient (Wildman–Crippen LogP) is 1.70. The van der Waals surface area contributed by atoms with Crippen LogP contribution in [0.4, 0.5) is 0 Å². The van der Waals surface area contributed by atoms with Gasteiger partial charge in [-0.15, -0.1) is 0 Å². The minimum atomic E-state index is -2.89. The van der Waals surface area contributed by atoms with Gasteiger partial charge in [-0.3, -0.25) is 9.80 Å². The number of aromatic nitrogens is 1. The summed E-state index contributed by atoms with van der Waals surface area (Å²) in [5.74, 6) is 1.91. The van der Waals surface area contributed by atoms with E-state index in [2.05, 4.69) is 42.5 Å². The molecule has 0 radical (unpaired) electrons. The number of hydrogen-bond acceptors (Lipinski definition) is 6. The maximum Gasteiger partial charge on any atom is 0.211 e. The molecule has 0 aliphatic carbocycles. The lowest BCUT2D eigenvalue weighted by atomic mass is 9.94. The topological polar surface area (TPSA) is 66.7 Å². The number of oxazole rings is 1. The molecular weight excluding hydrogens is 314 g/mol. The second-order valence-electron chi connectivity index (χ2n) is 7.50. The second-order valence-corrected chi connectivity index (χ2v) is 9.76. The first-order valence-corrected chi connectivity index (χ1v) is 10.2. The first kappa shape index (κ1) is 18.4. The van der Waals surface area contributed by atoms with Gasteiger partial charge in [0.25, 0.3) is 0 Å². The van der Waals surface area contributed by atoms with Crippen LogP contribution < -0.4 is 0 Å². The highest BCUT2D eigenvalue weighted by Gasteiger charge is 2.27. The fourth-order valence-electron chi connectivity index (χ4n) is 2.65. The molecule has 0 aromatic carbocycles. The summed E-state index contributed by atoms with van der Waals surface area (Å²) >= 11 is 0. The smallest absolute Gasteiger partial charge is 0.211 e. The van der Waals surface area contributed by atoms with Crippen molar-refractivity contribution in [2.45, 2.75) is 39.2 Å². The Labute approximate surface area is 139 Å². The molecule has 2 heterocycles. The number of hydrogen-bond donors (Lipinski definition) is 0. The Hall–Kier alpha value is -0.920. The first-order chi connectivity index (χ1) is 10.6. The number of rotatable bonds is 5. The molecule has 1 aromatic rings. The highest BCUT2D eigenvalue weighted by molar-refractivity contribution is 7.90. The van der Waals surface area contributed by atoms with E-state index < -0.39 is 9.84 Å². The number of sulfone groups is 1. The molecule has 1 saturated heterocycles. The summed E-state index contributed by atoms with van der Waals surface area (Å²) in [4.78, 5) is 9.00. The molecule has 1 atom stereocenters. The molecule has 0 bridgehead atoms. The molecule has 1 aliphatic rings. The van der Waals surface area contributed by atoms with Crippen molar-refractivity contribution in [3.8, 4) is 0 Å². The third-order valence-electron chi connectivity index (χ3n) is 4.35. The lowest BCUT2D eigenvalue weighted by Gasteiger charge is -2.36. The average Bonchev–Trinajstić information content (AvgIpc) is 2.94. The van der Waals surface area contributed by atoms with E-state index in [1.807, 2.05) is 6.20 Å². The molecule has 0 amide bonds. The molecule has 2 rings (SSSR count). The molecule has 1 unspecified atom stereocenters. The van der Waals surface area contributed by atoms with Gasteiger partial charge in [-0.2, -0.15) is 0 Å². The van der Waals surface area contributed by atoms with E-state index in [4.69, 9.17) is 4.42 Å². The van der Waals surface area contributed by atoms with Crippen LogP contribution in [-0.4, -0.2) is 67.9 Å². The highest BCUT2D eigenvalue weighted by Crippen LogP contribution is 2.27. The van der Waals surface area contributed by atoms with E-state index in [1.165, 1.54) is 6.26 Å². The van der Waals surface area contributed by atoms with Crippen LogP contribution in [0.2, 0.25) is 0 Å². The molecule has 0 N–H and O–H groups in total. The second kappa shape index (κ2) is 6.91. The Morgan fingerprint density at radius 2 is 1.87 bits per heavy atom. The summed E-state index contributed by atoms with van der Waals surface area (Å²) in [6.45, 7) is 12.6. The molecule has 7 heteroatoms. The van der Waals surface area contributed by atoms with E-state index in [-0.39, 0.29) is 17.2 Å². The van der Waals surface area contributed by atoms with Crippen LogP contribution in [0.15, 0.2) is 10.6 Å². The van der Waals surface area contributed by atoms with Crippen molar-refractivity contribution >= 4 is 9.84 Å². The molecule has 0 saturated carbocycles. The molecular formula is C16H29N3O3S. The van der Waals surface area contributed by atoms with E-state index in [1.54, 1.807) is 0 Å². The highest BCUT2D eigenvalue weighted by atomic mass is 32.2. The van der Waals surface area contributed by atoms with Crippen LogP contribution in [0, 0.1) is 0 Å². The van der Waals surface area contributed by atoms with Crippen molar-refractivity contribution in [2.24, 2.45) is 0 Å². The Bertz CT molecular complexity index is 611. The van der Waals surface area contributed by atoms with Crippen molar-refractivity contribution in [1.29, 1.82) is 0 Å². The molecule has 1 aromatic heterocycles. The van der Waals surface area contributed by atoms with Crippen LogP contribution in [0.5, 0.6) is 0 Å². The van der Waals surface area contributed by atoms with Crippen LogP contribution in [0.25, 0.3) is 0 Å². The third-order valence-corrected chi connectivity index (χ3v) is 5.28. The first-order valence-electron chi connectivity index (χ1n) is 8.16. The van der Waals surface area contributed by atoms with Crippen molar-refractivity contribution in [3.63, 3.8) is 0 Å². The van der Waals surface area contributed by atoms with Crippen LogP contribution in [0.1, 0.15) is 45.4 Å². The lowest BCUT2D eigenvalue weighted by molar-refractivity contribution is 0.0937. The van der Waals surface area contributed by atoms with Crippen molar-refractivity contribution in [2.75, 3.05) is 44.7 Å². The summed E-state index contributed by atoms with van der Waals surface area (Å²) < 4.78 is 28.5. The van der Waals surface area contributed by atoms with E-state index >= 15 is 0 Å². The van der Waals surface area contributed by atoms with Crippen LogP contribution >= 0.6 is 0 Å². The Morgan fingerprint density at radius 3 is 2.35 bits per heavy atom. The SMILES string of the molecule is CC(c1ncc(C(C)(C)C)o1)N1CCN(CCS(C)(=O)=O)CC1. The molecule has 23 heavy (non-hydrogen) atoms. The fraction of sp³-hybridized carbons (Fsp3) is 0.812. The van der Waals surface area contributed by atoms with Crippen molar-refractivity contribution in [3.05, 3.63) is 17.8 Å². The minimum Gasteiger partial charge on any atom is -0.443 e. The van der Waals surface area contributed by atoms with Gasteiger partial charge in [0.15, 0.2) is 0 Å². The monoisotopic (exact) mass is 343 g/mol. The normalized spacial score (nSPS) is 19.9. The molecule has 0 spiro atoms. The maximum absolute atomic E-state index is 11.3. The minimum absolute atomic E-state index is 0.0324. The van der Waals surface area contributed by atoms with Gasteiger partial charge in [-0.1, -0.05) is 20.8 Å². The molecule has 1 fully saturated rings. The van der Waals surface area contributed by atoms with Gasteiger partial charge < -0.3 is 4.42 Å². The Kier molecular flexibility index (Phi) is 5.53. The van der Waals surface area contributed by atoms with Crippen molar-refractivity contribution < 1.29 is 12.8 Å². The summed E-state index contributed by atoms with van der Waals surface area (Å²) in [5.41, 5.74) is -0.0324. The maximum atomic E-state index is 11.3. The summed E-state index contributed by atoms with van der Waals surface area (Å²) in [6, 6.07) is 0.142. The van der Waals surface area contributed by atoms with Gasteiger partial charge in [-0.05, 0) is 6.92 Å². The number of piperazine rings is 1. The largest absolute Gasteiger partial charge is 0.443 e. The molecule has 6 nitrogen and oxygen atoms in total. The van der Waals surface area contributed by atoms with Gasteiger partial charge >= 0.3 is 0 Å². The van der Waals surface area contributed by atoms with E-state index in [0.717, 1.165) is 37.8 Å². The van der Waals surface area contributed by atoms with E-state index in [0.29, 0.717) is 6.54 Å².